The van der Waals surface area contributed by atoms with Crippen LogP contribution in [0.25, 0.3) is 0 Å². The van der Waals surface area contributed by atoms with Crippen LogP contribution in [0.3, 0.4) is 0 Å². The Kier molecular flexibility index (Phi) is 5.73. The van der Waals surface area contributed by atoms with Crippen molar-refractivity contribution in [1.82, 2.24) is 15.1 Å². The number of carbonyl (C=O) groups excluding carboxylic acids is 2. The Morgan fingerprint density at radius 2 is 2.00 bits per heavy atom. The number of rotatable bonds is 5. The zero-order valence-electron chi connectivity index (χ0n) is 14.9. The normalized spacial score (nSPS) is 19.6. The zero-order valence-corrected chi connectivity index (χ0v) is 14.9. The van der Waals surface area contributed by atoms with E-state index in [4.69, 9.17) is 0 Å². The lowest BCUT2D eigenvalue weighted by molar-refractivity contribution is 0.0469. The Bertz CT molecular complexity index is 672. The summed E-state index contributed by atoms with van der Waals surface area (Å²) in [5.41, 5.74) is 0.513. The quantitative estimate of drug-likeness (QED) is 0.813. The van der Waals surface area contributed by atoms with E-state index in [1.165, 1.54) is 23.1 Å². The van der Waals surface area contributed by atoms with Crippen molar-refractivity contribution in [3.8, 4) is 0 Å². The van der Waals surface area contributed by atoms with Crippen molar-refractivity contribution in [2.45, 2.75) is 19.4 Å². The van der Waals surface area contributed by atoms with Crippen LogP contribution < -0.4 is 10.2 Å². The van der Waals surface area contributed by atoms with Gasteiger partial charge in [-0.1, -0.05) is 6.92 Å². The highest BCUT2D eigenvalue weighted by atomic mass is 19.1. The first-order chi connectivity index (χ1) is 12.5. The number of urea groups is 1. The van der Waals surface area contributed by atoms with Gasteiger partial charge in [0, 0.05) is 51.0 Å². The van der Waals surface area contributed by atoms with Gasteiger partial charge >= 0.3 is 6.03 Å². The van der Waals surface area contributed by atoms with Crippen molar-refractivity contribution in [3.05, 3.63) is 29.6 Å². The fraction of sp³-hybridized carbons (Fsp3) is 0.556. The van der Waals surface area contributed by atoms with Crippen LogP contribution in [-0.4, -0.2) is 78.8 Å². The number of halogens is 1. The smallest absolute Gasteiger partial charge is 0.321 e. The molecule has 2 saturated heterocycles. The van der Waals surface area contributed by atoms with E-state index in [1.54, 1.807) is 4.90 Å². The summed E-state index contributed by atoms with van der Waals surface area (Å²) in [5.74, 6) is -0.941. The van der Waals surface area contributed by atoms with Crippen molar-refractivity contribution < 1.29 is 19.1 Å². The lowest BCUT2D eigenvalue weighted by Gasteiger charge is -2.38. The van der Waals surface area contributed by atoms with E-state index in [0.29, 0.717) is 45.0 Å². The second-order valence-corrected chi connectivity index (χ2v) is 6.62. The molecule has 142 valence electrons. The van der Waals surface area contributed by atoms with Gasteiger partial charge in [0.2, 0.25) is 0 Å². The number of carbonyl (C=O) groups is 2. The lowest BCUT2D eigenvalue weighted by atomic mass is 10.1. The Hall–Kier alpha value is -2.19. The van der Waals surface area contributed by atoms with Crippen molar-refractivity contribution in [3.63, 3.8) is 0 Å². The molecule has 0 radical (unpaired) electrons. The molecule has 8 heteroatoms. The molecule has 2 fully saturated rings. The highest BCUT2D eigenvalue weighted by Crippen LogP contribution is 2.22. The molecular weight excluding hydrogens is 339 g/mol. The molecule has 1 atom stereocenters. The lowest BCUT2D eigenvalue weighted by Crippen LogP contribution is -2.52. The topological polar surface area (TPSA) is 76.1 Å². The van der Waals surface area contributed by atoms with Crippen molar-refractivity contribution in [2.75, 3.05) is 50.8 Å². The SMILES string of the molecule is CCC(CO)N1CCN(C(=O)c2cc(N3CCNC3=O)ccc2F)CC1. The minimum atomic E-state index is -0.581. The Morgan fingerprint density at radius 3 is 2.58 bits per heavy atom. The van der Waals surface area contributed by atoms with E-state index in [-0.39, 0.29) is 30.2 Å². The summed E-state index contributed by atoms with van der Waals surface area (Å²) >= 11 is 0. The number of aliphatic hydroxyl groups is 1. The summed E-state index contributed by atoms with van der Waals surface area (Å²) in [6.07, 6.45) is 0.846. The Balaban J connectivity index is 1.71. The minimum Gasteiger partial charge on any atom is -0.395 e. The fourth-order valence-corrected chi connectivity index (χ4v) is 3.53. The van der Waals surface area contributed by atoms with Gasteiger partial charge in [0.15, 0.2) is 0 Å². The van der Waals surface area contributed by atoms with Gasteiger partial charge in [-0.15, -0.1) is 0 Å². The largest absolute Gasteiger partial charge is 0.395 e. The maximum Gasteiger partial charge on any atom is 0.321 e. The summed E-state index contributed by atoms with van der Waals surface area (Å²) in [5, 5.41) is 12.1. The van der Waals surface area contributed by atoms with Gasteiger partial charge in [0.25, 0.3) is 5.91 Å². The van der Waals surface area contributed by atoms with Crippen LogP contribution in [-0.2, 0) is 0 Å². The van der Waals surface area contributed by atoms with Gasteiger partial charge in [-0.05, 0) is 24.6 Å². The van der Waals surface area contributed by atoms with Crippen LogP contribution in [0.5, 0.6) is 0 Å². The molecule has 0 spiro atoms. The third kappa shape index (κ3) is 3.66. The molecule has 2 aliphatic heterocycles. The van der Waals surface area contributed by atoms with Gasteiger partial charge in [-0.3, -0.25) is 14.6 Å². The number of benzene rings is 1. The van der Waals surface area contributed by atoms with Gasteiger partial charge in [-0.25, -0.2) is 9.18 Å². The average Bonchev–Trinajstić information content (AvgIpc) is 3.09. The molecule has 1 unspecified atom stereocenters. The van der Waals surface area contributed by atoms with Crippen LogP contribution >= 0.6 is 0 Å². The Labute approximate surface area is 152 Å². The molecule has 1 aromatic carbocycles. The first-order valence-corrected chi connectivity index (χ1v) is 9.04. The molecule has 0 aliphatic carbocycles. The van der Waals surface area contributed by atoms with E-state index in [9.17, 15) is 19.1 Å². The standard InChI is InChI=1S/C18H25FN4O3/c1-2-13(12-24)21-7-9-22(10-8-21)17(25)15-11-14(3-4-16(15)19)23-6-5-20-18(23)26/h3-4,11,13,24H,2,5-10,12H2,1H3,(H,20,26). The highest BCUT2D eigenvalue weighted by molar-refractivity contribution is 5.98. The monoisotopic (exact) mass is 364 g/mol. The molecule has 26 heavy (non-hydrogen) atoms. The van der Waals surface area contributed by atoms with Gasteiger partial charge in [0.1, 0.15) is 5.82 Å². The van der Waals surface area contributed by atoms with Gasteiger partial charge in [0.05, 0.1) is 12.2 Å². The molecule has 3 rings (SSSR count). The molecule has 3 amide bonds. The summed E-state index contributed by atoms with van der Waals surface area (Å²) < 4.78 is 14.3. The van der Waals surface area contributed by atoms with E-state index < -0.39 is 5.82 Å². The Morgan fingerprint density at radius 1 is 1.27 bits per heavy atom. The third-order valence-corrected chi connectivity index (χ3v) is 5.15. The molecule has 2 heterocycles. The van der Waals surface area contributed by atoms with Crippen LogP contribution in [0.4, 0.5) is 14.9 Å². The van der Waals surface area contributed by atoms with Gasteiger partial charge < -0.3 is 15.3 Å². The number of anilines is 1. The van der Waals surface area contributed by atoms with Gasteiger partial charge in [-0.2, -0.15) is 0 Å². The van der Waals surface area contributed by atoms with Crippen molar-refractivity contribution >= 4 is 17.6 Å². The number of piperazine rings is 1. The van der Waals surface area contributed by atoms with E-state index in [0.717, 1.165) is 6.42 Å². The average molecular weight is 364 g/mol. The number of nitrogens with one attached hydrogen (secondary N) is 1. The number of hydrogen-bond acceptors (Lipinski definition) is 4. The van der Waals surface area contributed by atoms with Crippen LogP contribution in [0.15, 0.2) is 18.2 Å². The van der Waals surface area contributed by atoms with Crippen molar-refractivity contribution in [2.24, 2.45) is 0 Å². The van der Waals surface area contributed by atoms with E-state index >= 15 is 0 Å². The summed E-state index contributed by atoms with van der Waals surface area (Å²) in [6, 6.07) is 4.07. The third-order valence-electron chi connectivity index (χ3n) is 5.15. The van der Waals surface area contributed by atoms with Crippen molar-refractivity contribution in [1.29, 1.82) is 0 Å². The number of hydrogen-bond donors (Lipinski definition) is 2. The van der Waals surface area contributed by atoms with Crippen LogP contribution in [0.1, 0.15) is 23.7 Å². The fourth-order valence-electron chi connectivity index (χ4n) is 3.53. The maximum absolute atomic E-state index is 14.3. The molecular formula is C18H25FN4O3. The van der Waals surface area contributed by atoms with Crippen LogP contribution in [0.2, 0.25) is 0 Å². The van der Waals surface area contributed by atoms with Crippen LogP contribution in [0, 0.1) is 5.82 Å². The first kappa shape index (κ1) is 18.6. The molecule has 2 N–H and O–H groups in total. The van der Waals surface area contributed by atoms with E-state index in [1.807, 2.05) is 6.92 Å². The predicted molar refractivity (Wildman–Crippen MR) is 95.8 cm³/mol. The second-order valence-electron chi connectivity index (χ2n) is 6.62. The molecule has 7 nitrogen and oxygen atoms in total. The first-order valence-electron chi connectivity index (χ1n) is 9.04. The molecule has 0 aromatic heterocycles. The summed E-state index contributed by atoms with van der Waals surface area (Å²) in [7, 11) is 0. The second kappa shape index (κ2) is 8.01. The summed E-state index contributed by atoms with van der Waals surface area (Å²) in [4.78, 5) is 29.9. The molecule has 0 saturated carbocycles. The zero-order chi connectivity index (χ0) is 18.7. The predicted octanol–water partition coefficient (Wildman–Crippen LogP) is 0.884. The highest BCUT2D eigenvalue weighted by Gasteiger charge is 2.28. The summed E-state index contributed by atoms with van der Waals surface area (Å²) in [6.45, 7) is 5.43. The number of aliphatic hydroxyl groups excluding tert-OH is 1. The molecule has 0 bridgehead atoms. The van der Waals surface area contributed by atoms with E-state index in [2.05, 4.69) is 10.2 Å². The number of nitrogens with zero attached hydrogens (tertiary/aromatic N) is 3. The number of amides is 3. The maximum atomic E-state index is 14.3. The molecule has 1 aromatic rings. The minimum absolute atomic E-state index is 0.00940. The molecule has 2 aliphatic rings.